The first kappa shape index (κ1) is 8.81. The summed E-state index contributed by atoms with van der Waals surface area (Å²) in [5.74, 6) is 0.727. The molecule has 1 heterocycles. The summed E-state index contributed by atoms with van der Waals surface area (Å²) in [6.45, 7) is 3.76. The SMILES string of the molecule is CSc1nc(C)nc(Cl)c1C. The van der Waals surface area contributed by atoms with E-state index >= 15 is 0 Å². The molecule has 0 amide bonds. The fourth-order valence-electron chi connectivity index (χ4n) is 0.769. The lowest BCUT2D eigenvalue weighted by Crippen LogP contribution is -1.94. The van der Waals surface area contributed by atoms with E-state index < -0.39 is 0 Å². The lowest BCUT2D eigenvalue weighted by atomic mass is 10.4. The molecule has 4 heteroatoms. The fraction of sp³-hybridized carbons (Fsp3) is 0.429. The van der Waals surface area contributed by atoms with E-state index in [1.807, 2.05) is 20.1 Å². The molecule has 1 rings (SSSR count). The maximum Gasteiger partial charge on any atom is 0.136 e. The van der Waals surface area contributed by atoms with E-state index in [4.69, 9.17) is 11.6 Å². The molecule has 0 saturated heterocycles. The van der Waals surface area contributed by atoms with Gasteiger partial charge in [0, 0.05) is 5.56 Å². The van der Waals surface area contributed by atoms with Crippen molar-refractivity contribution in [3.8, 4) is 0 Å². The second kappa shape index (κ2) is 3.41. The summed E-state index contributed by atoms with van der Waals surface area (Å²) in [5.41, 5.74) is 0.963. The summed E-state index contributed by atoms with van der Waals surface area (Å²) in [6, 6.07) is 0. The summed E-state index contributed by atoms with van der Waals surface area (Å²) < 4.78 is 0. The number of hydrogen-bond acceptors (Lipinski definition) is 3. The zero-order valence-corrected chi connectivity index (χ0v) is 8.25. The lowest BCUT2D eigenvalue weighted by Gasteiger charge is -2.03. The van der Waals surface area contributed by atoms with Crippen LogP contribution in [-0.2, 0) is 0 Å². The Morgan fingerprint density at radius 1 is 1.27 bits per heavy atom. The van der Waals surface area contributed by atoms with Crippen LogP contribution in [0, 0.1) is 13.8 Å². The quantitative estimate of drug-likeness (QED) is 0.500. The van der Waals surface area contributed by atoms with Crippen molar-refractivity contribution in [2.24, 2.45) is 0 Å². The highest BCUT2D eigenvalue weighted by atomic mass is 35.5. The van der Waals surface area contributed by atoms with Gasteiger partial charge in [-0.15, -0.1) is 11.8 Å². The van der Waals surface area contributed by atoms with Gasteiger partial charge >= 0.3 is 0 Å². The van der Waals surface area contributed by atoms with Gasteiger partial charge in [0.25, 0.3) is 0 Å². The van der Waals surface area contributed by atoms with Crippen molar-refractivity contribution in [3.63, 3.8) is 0 Å². The van der Waals surface area contributed by atoms with E-state index in [0.29, 0.717) is 5.15 Å². The van der Waals surface area contributed by atoms with Crippen LogP contribution in [-0.4, -0.2) is 16.2 Å². The van der Waals surface area contributed by atoms with Crippen LogP contribution in [0.1, 0.15) is 11.4 Å². The number of aromatic nitrogens is 2. The molecule has 1 aromatic heterocycles. The van der Waals surface area contributed by atoms with Crippen molar-refractivity contribution in [2.75, 3.05) is 6.26 Å². The number of hydrogen-bond donors (Lipinski definition) is 0. The monoisotopic (exact) mass is 188 g/mol. The Hall–Kier alpha value is -0.280. The van der Waals surface area contributed by atoms with Crippen molar-refractivity contribution >= 4 is 23.4 Å². The average molecular weight is 189 g/mol. The number of halogens is 1. The number of aryl methyl sites for hydroxylation is 1. The topological polar surface area (TPSA) is 25.8 Å². The van der Waals surface area contributed by atoms with Crippen molar-refractivity contribution in [1.82, 2.24) is 9.97 Å². The standard InChI is InChI=1S/C7H9ClN2S/c1-4-6(8)9-5(2)10-7(4)11-3/h1-3H3. The van der Waals surface area contributed by atoms with E-state index in [0.717, 1.165) is 16.4 Å². The van der Waals surface area contributed by atoms with Gasteiger partial charge in [0.05, 0.1) is 0 Å². The number of rotatable bonds is 1. The normalized spacial score (nSPS) is 10.2. The third-order valence-electron chi connectivity index (χ3n) is 1.35. The lowest BCUT2D eigenvalue weighted by molar-refractivity contribution is 0.940. The first-order chi connectivity index (χ1) is 5.15. The molecule has 0 aromatic carbocycles. The van der Waals surface area contributed by atoms with Crippen LogP contribution in [0.5, 0.6) is 0 Å². The minimum atomic E-state index is 0.557. The maximum absolute atomic E-state index is 5.83. The zero-order valence-electron chi connectivity index (χ0n) is 6.68. The van der Waals surface area contributed by atoms with E-state index in [2.05, 4.69) is 9.97 Å². The Morgan fingerprint density at radius 2 is 1.91 bits per heavy atom. The van der Waals surface area contributed by atoms with E-state index in [1.165, 1.54) is 0 Å². The van der Waals surface area contributed by atoms with Crippen LogP contribution in [0.3, 0.4) is 0 Å². The van der Waals surface area contributed by atoms with Crippen LogP contribution in [0.15, 0.2) is 5.03 Å². The van der Waals surface area contributed by atoms with Gasteiger partial charge in [-0.05, 0) is 20.1 Å². The van der Waals surface area contributed by atoms with E-state index in [-0.39, 0.29) is 0 Å². The molecule has 0 aliphatic rings. The first-order valence-electron chi connectivity index (χ1n) is 3.20. The number of thioether (sulfide) groups is 1. The van der Waals surface area contributed by atoms with E-state index in [9.17, 15) is 0 Å². The highest BCUT2D eigenvalue weighted by Crippen LogP contribution is 2.22. The third kappa shape index (κ3) is 1.84. The molecule has 0 aliphatic carbocycles. The van der Waals surface area contributed by atoms with Gasteiger partial charge in [-0.2, -0.15) is 0 Å². The molecule has 0 saturated carbocycles. The highest BCUT2D eigenvalue weighted by molar-refractivity contribution is 7.98. The van der Waals surface area contributed by atoms with Crippen LogP contribution in [0.4, 0.5) is 0 Å². The minimum Gasteiger partial charge on any atom is -0.227 e. The van der Waals surface area contributed by atoms with Crippen molar-refractivity contribution in [3.05, 3.63) is 16.5 Å². The first-order valence-corrected chi connectivity index (χ1v) is 4.80. The summed E-state index contributed by atoms with van der Waals surface area (Å²) in [4.78, 5) is 8.24. The third-order valence-corrected chi connectivity index (χ3v) is 2.50. The molecule has 0 atom stereocenters. The van der Waals surface area contributed by atoms with Gasteiger partial charge in [-0.25, -0.2) is 9.97 Å². The summed E-state index contributed by atoms with van der Waals surface area (Å²) >= 11 is 7.42. The van der Waals surface area contributed by atoms with Crippen LogP contribution in [0.2, 0.25) is 5.15 Å². The van der Waals surface area contributed by atoms with Gasteiger partial charge in [0.1, 0.15) is 16.0 Å². The Bertz CT molecular complexity index is 275. The van der Waals surface area contributed by atoms with Crippen molar-refractivity contribution in [1.29, 1.82) is 0 Å². The predicted octanol–water partition coefficient (Wildman–Crippen LogP) is 2.47. The van der Waals surface area contributed by atoms with Gasteiger partial charge in [0.2, 0.25) is 0 Å². The largest absolute Gasteiger partial charge is 0.227 e. The number of nitrogens with zero attached hydrogens (tertiary/aromatic N) is 2. The summed E-state index contributed by atoms with van der Waals surface area (Å²) in [5, 5.41) is 1.52. The molecule has 2 nitrogen and oxygen atoms in total. The van der Waals surface area contributed by atoms with Crippen molar-refractivity contribution < 1.29 is 0 Å². The van der Waals surface area contributed by atoms with Gasteiger partial charge < -0.3 is 0 Å². The molecule has 0 radical (unpaired) electrons. The zero-order chi connectivity index (χ0) is 8.43. The second-order valence-electron chi connectivity index (χ2n) is 2.20. The molecule has 0 spiro atoms. The second-order valence-corrected chi connectivity index (χ2v) is 3.35. The molecule has 60 valence electrons. The van der Waals surface area contributed by atoms with Gasteiger partial charge in [-0.3, -0.25) is 0 Å². The average Bonchev–Trinajstić information content (AvgIpc) is 1.96. The molecule has 0 N–H and O–H groups in total. The molecule has 0 aliphatic heterocycles. The van der Waals surface area contributed by atoms with Gasteiger partial charge in [-0.1, -0.05) is 11.6 Å². The summed E-state index contributed by atoms with van der Waals surface area (Å²) in [6.07, 6.45) is 1.98. The van der Waals surface area contributed by atoms with Crippen LogP contribution in [0.25, 0.3) is 0 Å². The Labute approximate surface area is 75.4 Å². The van der Waals surface area contributed by atoms with E-state index in [1.54, 1.807) is 11.8 Å². The Balaban J connectivity index is 3.24. The summed E-state index contributed by atoms with van der Waals surface area (Å²) in [7, 11) is 0. The Morgan fingerprint density at radius 3 is 2.45 bits per heavy atom. The molecular formula is C7H9ClN2S. The molecule has 0 fully saturated rings. The Kier molecular flexibility index (Phi) is 2.73. The van der Waals surface area contributed by atoms with Crippen LogP contribution < -0.4 is 0 Å². The molecule has 1 aromatic rings. The van der Waals surface area contributed by atoms with Crippen molar-refractivity contribution in [2.45, 2.75) is 18.9 Å². The van der Waals surface area contributed by atoms with Crippen LogP contribution >= 0.6 is 23.4 Å². The predicted molar refractivity (Wildman–Crippen MR) is 48.3 cm³/mol. The molecular weight excluding hydrogens is 180 g/mol. The maximum atomic E-state index is 5.83. The molecule has 11 heavy (non-hydrogen) atoms. The minimum absolute atomic E-state index is 0.557. The highest BCUT2D eigenvalue weighted by Gasteiger charge is 2.04. The molecule has 0 unspecified atom stereocenters. The smallest absolute Gasteiger partial charge is 0.136 e. The molecule has 0 bridgehead atoms. The van der Waals surface area contributed by atoms with Gasteiger partial charge in [0.15, 0.2) is 0 Å². The fourth-order valence-corrected chi connectivity index (χ4v) is 1.66.